The first-order valence-corrected chi connectivity index (χ1v) is 9.82. The van der Waals surface area contributed by atoms with Crippen LogP contribution in [0.4, 0.5) is 32.0 Å². The summed E-state index contributed by atoms with van der Waals surface area (Å²) in [6.45, 7) is 0. The van der Waals surface area contributed by atoms with Crippen LogP contribution in [0.5, 0.6) is 0 Å². The van der Waals surface area contributed by atoms with Gasteiger partial charge < -0.3 is 4.90 Å². The standard InChI is InChI=1S/C14H4BrCl3F6N2OS/c15-7-4-26(10-8(16)1-5(2-9(10)17)13(19,20)21)12(18)6(3-25)11(7)28(27)14(22,23)24/h1-2,4,12H. The number of hydrogen-bond donors (Lipinski definition) is 0. The number of anilines is 1. The van der Waals surface area contributed by atoms with Gasteiger partial charge in [0.15, 0.2) is 10.8 Å². The van der Waals surface area contributed by atoms with Crippen molar-refractivity contribution < 1.29 is 30.6 Å². The first-order valence-electron chi connectivity index (χ1n) is 6.69. The lowest BCUT2D eigenvalue weighted by Gasteiger charge is -2.32. The van der Waals surface area contributed by atoms with Crippen molar-refractivity contribution in [3.05, 3.63) is 48.9 Å². The summed E-state index contributed by atoms with van der Waals surface area (Å²) in [7, 11) is -3.59. The minimum atomic E-state index is -5.17. The average molecular weight is 549 g/mol. The van der Waals surface area contributed by atoms with Crippen LogP contribution in [-0.2, 0) is 17.0 Å². The molecule has 3 nitrogen and oxygen atoms in total. The van der Waals surface area contributed by atoms with Crippen LogP contribution in [0, 0.1) is 11.3 Å². The van der Waals surface area contributed by atoms with Gasteiger partial charge in [-0.25, -0.2) is 4.21 Å². The van der Waals surface area contributed by atoms with Gasteiger partial charge in [-0.3, -0.25) is 0 Å². The summed E-state index contributed by atoms with van der Waals surface area (Å²) < 4.78 is 88.4. The number of allylic oxidation sites excluding steroid dienone is 1. The highest BCUT2D eigenvalue weighted by Crippen LogP contribution is 2.46. The second kappa shape index (κ2) is 8.07. The lowest BCUT2D eigenvalue weighted by Crippen LogP contribution is -2.34. The lowest BCUT2D eigenvalue weighted by atomic mass is 10.1. The summed E-state index contributed by atoms with van der Waals surface area (Å²) in [5, 5.41) is 8.21. The van der Waals surface area contributed by atoms with Gasteiger partial charge in [-0.05, 0) is 28.1 Å². The number of rotatable bonds is 2. The minimum Gasteiger partial charge on any atom is -0.323 e. The van der Waals surface area contributed by atoms with Crippen molar-refractivity contribution in [2.75, 3.05) is 4.90 Å². The molecule has 1 heterocycles. The van der Waals surface area contributed by atoms with E-state index in [1.807, 2.05) is 0 Å². The number of alkyl halides is 7. The van der Waals surface area contributed by atoms with Crippen molar-refractivity contribution in [1.29, 1.82) is 5.26 Å². The Morgan fingerprint density at radius 2 is 1.64 bits per heavy atom. The molecule has 0 bridgehead atoms. The van der Waals surface area contributed by atoms with E-state index in [2.05, 4.69) is 15.9 Å². The van der Waals surface area contributed by atoms with Gasteiger partial charge in [0.2, 0.25) is 0 Å². The predicted octanol–water partition coefficient (Wildman–Crippen LogP) is 6.68. The Labute approximate surface area is 179 Å². The molecule has 2 rings (SSSR count). The van der Waals surface area contributed by atoms with E-state index in [0.29, 0.717) is 12.1 Å². The predicted molar refractivity (Wildman–Crippen MR) is 97.4 cm³/mol. The Balaban J connectivity index is 2.63. The molecule has 1 aliphatic heterocycles. The van der Waals surface area contributed by atoms with E-state index in [9.17, 15) is 35.8 Å². The maximum absolute atomic E-state index is 12.9. The molecule has 0 amide bonds. The van der Waals surface area contributed by atoms with Gasteiger partial charge in [0.25, 0.3) is 0 Å². The van der Waals surface area contributed by atoms with E-state index in [-0.39, 0.29) is 5.69 Å². The van der Waals surface area contributed by atoms with Crippen LogP contribution in [-0.4, -0.2) is 15.2 Å². The van der Waals surface area contributed by atoms with Gasteiger partial charge >= 0.3 is 11.7 Å². The topological polar surface area (TPSA) is 44.1 Å². The summed E-state index contributed by atoms with van der Waals surface area (Å²) >= 11 is 20.6. The van der Waals surface area contributed by atoms with Crippen molar-refractivity contribution in [1.82, 2.24) is 0 Å². The summed E-state index contributed by atoms with van der Waals surface area (Å²) in [5.74, 6) is 0. The molecule has 0 radical (unpaired) electrons. The molecule has 0 N–H and O–H groups in total. The van der Waals surface area contributed by atoms with Crippen LogP contribution in [0.25, 0.3) is 0 Å². The third kappa shape index (κ3) is 4.46. The number of benzene rings is 1. The van der Waals surface area contributed by atoms with Crippen LogP contribution in [0.2, 0.25) is 10.0 Å². The second-order valence-corrected chi connectivity index (χ2v) is 8.57. The molecule has 0 fully saturated rings. The van der Waals surface area contributed by atoms with Crippen molar-refractivity contribution >= 4 is 67.2 Å². The quantitative estimate of drug-likeness (QED) is 0.235. The first kappa shape index (κ1) is 23.3. The fourth-order valence-corrected chi connectivity index (χ4v) is 4.94. The van der Waals surface area contributed by atoms with Crippen molar-refractivity contribution in [2.24, 2.45) is 0 Å². The largest absolute Gasteiger partial charge is 0.475 e. The molecule has 1 aromatic carbocycles. The molecule has 152 valence electrons. The van der Waals surface area contributed by atoms with Gasteiger partial charge in [-0.2, -0.15) is 31.6 Å². The van der Waals surface area contributed by atoms with E-state index < -0.39 is 58.6 Å². The summed E-state index contributed by atoms with van der Waals surface area (Å²) in [6, 6.07) is 2.54. The number of nitrogens with zero attached hydrogens (tertiary/aromatic N) is 2. The Morgan fingerprint density at radius 3 is 2.04 bits per heavy atom. The number of halogens is 10. The Kier molecular flexibility index (Phi) is 6.73. The van der Waals surface area contributed by atoms with E-state index in [1.165, 1.54) is 6.07 Å². The van der Waals surface area contributed by atoms with E-state index in [1.54, 1.807) is 0 Å². The number of nitriles is 1. The van der Waals surface area contributed by atoms with Crippen LogP contribution in [0.3, 0.4) is 0 Å². The molecule has 1 aromatic rings. The molecule has 0 aromatic heterocycles. The van der Waals surface area contributed by atoms with Gasteiger partial charge in [0.05, 0.1) is 42.3 Å². The maximum Gasteiger partial charge on any atom is 0.475 e. The zero-order valence-corrected chi connectivity index (χ0v) is 17.5. The first-order chi connectivity index (χ1) is 12.7. The van der Waals surface area contributed by atoms with Crippen LogP contribution in [0.15, 0.2) is 33.3 Å². The SMILES string of the molecule is N#CC1=C(S(=O)C(F)(F)F)C(Br)=CN(c2c(Cl)cc(C(F)(F)F)cc2Cl)C1Cl. The summed E-state index contributed by atoms with van der Waals surface area (Å²) in [4.78, 5) is -0.0167. The van der Waals surface area contributed by atoms with Crippen LogP contribution >= 0.6 is 50.7 Å². The monoisotopic (exact) mass is 546 g/mol. The lowest BCUT2D eigenvalue weighted by molar-refractivity contribution is -0.137. The van der Waals surface area contributed by atoms with Gasteiger partial charge in [0.1, 0.15) is 5.50 Å². The Morgan fingerprint density at radius 1 is 1.14 bits per heavy atom. The second-order valence-electron chi connectivity index (χ2n) is 5.08. The fourth-order valence-electron chi connectivity index (χ4n) is 2.18. The molecular weight excluding hydrogens is 544 g/mol. The van der Waals surface area contributed by atoms with Crippen molar-refractivity contribution in [3.63, 3.8) is 0 Å². The smallest absolute Gasteiger partial charge is 0.323 e. The molecule has 0 spiro atoms. The molecule has 28 heavy (non-hydrogen) atoms. The third-order valence-electron chi connectivity index (χ3n) is 3.31. The highest BCUT2D eigenvalue weighted by Gasteiger charge is 2.45. The summed E-state index contributed by atoms with van der Waals surface area (Å²) in [6.07, 6.45) is -3.85. The normalized spacial score (nSPS) is 19.4. The molecule has 14 heteroatoms. The minimum absolute atomic E-state index is 0.280. The molecule has 0 saturated carbocycles. The molecular formula is C14H4BrCl3F6N2OS. The zero-order valence-electron chi connectivity index (χ0n) is 12.8. The molecule has 2 unspecified atom stereocenters. The molecule has 2 atom stereocenters. The highest BCUT2D eigenvalue weighted by molar-refractivity contribution is 9.12. The highest BCUT2D eigenvalue weighted by atomic mass is 79.9. The van der Waals surface area contributed by atoms with E-state index in [0.717, 1.165) is 11.1 Å². The third-order valence-corrected chi connectivity index (χ3v) is 6.41. The molecule has 0 aliphatic carbocycles. The zero-order chi connectivity index (χ0) is 21.6. The van der Waals surface area contributed by atoms with Gasteiger partial charge in [0, 0.05) is 6.20 Å². The fraction of sp³-hybridized carbons (Fsp3) is 0.214. The molecule has 0 saturated heterocycles. The average Bonchev–Trinajstić information content (AvgIpc) is 2.54. The van der Waals surface area contributed by atoms with Gasteiger partial charge in [-0.1, -0.05) is 34.8 Å². The van der Waals surface area contributed by atoms with E-state index in [4.69, 9.17) is 34.8 Å². The Bertz CT molecular complexity index is 931. The Hall–Kier alpha value is -0.930. The van der Waals surface area contributed by atoms with Crippen LogP contribution in [0.1, 0.15) is 5.56 Å². The van der Waals surface area contributed by atoms with E-state index >= 15 is 0 Å². The van der Waals surface area contributed by atoms with Crippen LogP contribution < -0.4 is 4.90 Å². The van der Waals surface area contributed by atoms with Gasteiger partial charge in [-0.15, -0.1) is 0 Å². The number of hydrogen-bond acceptors (Lipinski definition) is 3. The van der Waals surface area contributed by atoms with Crippen molar-refractivity contribution in [2.45, 2.75) is 17.2 Å². The molecule has 1 aliphatic rings. The van der Waals surface area contributed by atoms with Crippen molar-refractivity contribution in [3.8, 4) is 6.07 Å². The maximum atomic E-state index is 12.9. The summed E-state index contributed by atoms with van der Waals surface area (Å²) in [5.41, 5.74) is -9.02.